The van der Waals surface area contributed by atoms with E-state index < -0.39 is 0 Å². The average molecular weight is 140 g/mol. The molecular formula is C8H16N2. The Morgan fingerprint density at radius 1 is 1.20 bits per heavy atom. The molecule has 2 heteroatoms. The molecule has 2 heterocycles. The molecule has 0 amide bonds. The van der Waals surface area contributed by atoms with Gasteiger partial charge in [-0.2, -0.15) is 0 Å². The van der Waals surface area contributed by atoms with Crippen molar-refractivity contribution in [3.05, 3.63) is 0 Å². The lowest BCUT2D eigenvalue weighted by Crippen LogP contribution is -2.53. The Hall–Kier alpha value is -0.0800. The van der Waals surface area contributed by atoms with E-state index in [1.54, 1.807) is 0 Å². The number of fused-ring (bicyclic) bond motifs is 2. The minimum atomic E-state index is 0.740. The highest BCUT2D eigenvalue weighted by Crippen LogP contribution is 2.23. The van der Waals surface area contributed by atoms with Gasteiger partial charge in [-0.15, -0.1) is 0 Å². The minimum Gasteiger partial charge on any atom is -0.316 e. The van der Waals surface area contributed by atoms with Crippen LogP contribution in [0, 0.1) is 11.8 Å². The first-order chi connectivity index (χ1) is 4.86. The Morgan fingerprint density at radius 3 is 2.90 bits per heavy atom. The van der Waals surface area contributed by atoms with Gasteiger partial charge in [0.05, 0.1) is 0 Å². The van der Waals surface area contributed by atoms with Crippen LogP contribution in [0.25, 0.3) is 0 Å². The predicted molar refractivity (Wildman–Crippen MR) is 41.9 cm³/mol. The van der Waals surface area contributed by atoms with Crippen LogP contribution in [0.1, 0.15) is 13.3 Å². The van der Waals surface area contributed by atoms with E-state index in [9.17, 15) is 0 Å². The summed E-state index contributed by atoms with van der Waals surface area (Å²) < 4.78 is 0. The van der Waals surface area contributed by atoms with Crippen LogP contribution in [0.4, 0.5) is 0 Å². The van der Waals surface area contributed by atoms with Gasteiger partial charge < -0.3 is 10.6 Å². The third kappa shape index (κ3) is 1.06. The Balaban J connectivity index is 2.00. The first-order valence-corrected chi connectivity index (χ1v) is 4.30. The molecule has 58 valence electrons. The van der Waals surface area contributed by atoms with Gasteiger partial charge in [-0.1, -0.05) is 0 Å². The normalized spacial score (nSPS) is 47.1. The maximum absolute atomic E-state index is 3.54. The maximum Gasteiger partial charge on any atom is 0.00793 e. The molecule has 2 N–H and O–H groups in total. The highest BCUT2D eigenvalue weighted by atomic mass is 15.0. The van der Waals surface area contributed by atoms with Gasteiger partial charge in [0, 0.05) is 6.04 Å². The lowest BCUT2D eigenvalue weighted by molar-refractivity contribution is 0.179. The summed E-state index contributed by atoms with van der Waals surface area (Å²) in [4.78, 5) is 0. The summed E-state index contributed by atoms with van der Waals surface area (Å²) in [6.07, 6.45) is 1.45. The molecule has 2 aliphatic heterocycles. The Labute approximate surface area is 62.4 Å². The third-order valence-corrected chi connectivity index (χ3v) is 2.91. The van der Waals surface area contributed by atoms with Gasteiger partial charge in [0.15, 0.2) is 0 Å². The smallest absolute Gasteiger partial charge is 0.00793 e. The van der Waals surface area contributed by atoms with Crippen LogP contribution in [-0.4, -0.2) is 25.7 Å². The van der Waals surface area contributed by atoms with E-state index in [0.29, 0.717) is 0 Å². The quantitative estimate of drug-likeness (QED) is 0.502. The highest BCUT2D eigenvalue weighted by molar-refractivity contribution is 4.88. The van der Waals surface area contributed by atoms with E-state index in [-0.39, 0.29) is 0 Å². The summed E-state index contributed by atoms with van der Waals surface area (Å²) in [7, 11) is 0. The van der Waals surface area contributed by atoms with Crippen molar-refractivity contribution in [2.45, 2.75) is 19.4 Å². The van der Waals surface area contributed by atoms with Gasteiger partial charge >= 0.3 is 0 Å². The lowest BCUT2D eigenvalue weighted by Gasteiger charge is -2.39. The SMILES string of the molecule is C[C@@H]1NC[C@@H]2CNC[C@H]1C2. The van der Waals surface area contributed by atoms with Gasteiger partial charge in [0.1, 0.15) is 0 Å². The van der Waals surface area contributed by atoms with Gasteiger partial charge in [0.25, 0.3) is 0 Å². The van der Waals surface area contributed by atoms with Crippen LogP contribution in [-0.2, 0) is 0 Å². The standard InChI is InChI=1S/C8H16N2/c1-6-8-2-7(4-10-6)3-9-5-8/h6-10H,2-5H2,1H3/t6-,7-,8+/m0/s1. The zero-order valence-electron chi connectivity index (χ0n) is 6.56. The monoisotopic (exact) mass is 140 g/mol. The van der Waals surface area contributed by atoms with Crippen molar-refractivity contribution in [2.75, 3.05) is 19.6 Å². The zero-order chi connectivity index (χ0) is 6.97. The summed E-state index contributed by atoms with van der Waals surface area (Å²) in [6.45, 7) is 5.99. The van der Waals surface area contributed by atoms with Crippen molar-refractivity contribution in [1.29, 1.82) is 0 Å². The molecule has 0 aromatic heterocycles. The summed E-state index contributed by atoms with van der Waals surface area (Å²) in [5, 5.41) is 7.02. The van der Waals surface area contributed by atoms with Crippen LogP contribution in [0.2, 0.25) is 0 Å². The van der Waals surface area contributed by atoms with E-state index in [2.05, 4.69) is 17.6 Å². The zero-order valence-corrected chi connectivity index (χ0v) is 6.56. The van der Waals surface area contributed by atoms with E-state index >= 15 is 0 Å². The van der Waals surface area contributed by atoms with Crippen LogP contribution in [0.5, 0.6) is 0 Å². The lowest BCUT2D eigenvalue weighted by atomic mass is 9.82. The van der Waals surface area contributed by atoms with Crippen molar-refractivity contribution < 1.29 is 0 Å². The molecule has 0 aliphatic carbocycles. The molecule has 3 atom stereocenters. The third-order valence-electron chi connectivity index (χ3n) is 2.91. The van der Waals surface area contributed by atoms with Crippen LogP contribution in [0.3, 0.4) is 0 Å². The summed E-state index contributed by atoms with van der Waals surface area (Å²) in [5.41, 5.74) is 0. The predicted octanol–water partition coefficient (Wildman–Crippen LogP) is 0.204. The molecule has 2 nitrogen and oxygen atoms in total. The molecule has 0 aromatic carbocycles. The molecule has 0 unspecified atom stereocenters. The summed E-state index contributed by atoms with van der Waals surface area (Å²) in [6, 6.07) is 0.740. The second-order valence-electron chi connectivity index (χ2n) is 3.72. The molecule has 2 rings (SSSR count). The molecule has 2 aliphatic rings. The molecule has 2 fully saturated rings. The summed E-state index contributed by atoms with van der Waals surface area (Å²) >= 11 is 0. The maximum atomic E-state index is 3.54. The first-order valence-electron chi connectivity index (χ1n) is 4.30. The van der Waals surface area contributed by atoms with E-state index in [0.717, 1.165) is 17.9 Å². The van der Waals surface area contributed by atoms with E-state index in [1.807, 2.05) is 0 Å². The molecule has 0 aromatic rings. The molecule has 0 spiro atoms. The average Bonchev–Trinajstić information content (AvgIpc) is 1.99. The summed E-state index contributed by atoms with van der Waals surface area (Å²) in [5.74, 6) is 1.81. The number of piperidine rings is 2. The number of hydrogen-bond donors (Lipinski definition) is 2. The van der Waals surface area contributed by atoms with Crippen molar-refractivity contribution >= 4 is 0 Å². The second-order valence-corrected chi connectivity index (χ2v) is 3.72. The fourth-order valence-corrected chi connectivity index (χ4v) is 2.12. The molecule has 10 heavy (non-hydrogen) atoms. The Morgan fingerprint density at radius 2 is 2.10 bits per heavy atom. The molecule has 2 saturated heterocycles. The van der Waals surface area contributed by atoms with Crippen LogP contribution < -0.4 is 10.6 Å². The van der Waals surface area contributed by atoms with E-state index in [1.165, 1.54) is 26.1 Å². The second kappa shape index (κ2) is 2.51. The van der Waals surface area contributed by atoms with E-state index in [4.69, 9.17) is 0 Å². The topological polar surface area (TPSA) is 24.1 Å². The van der Waals surface area contributed by atoms with Crippen molar-refractivity contribution in [1.82, 2.24) is 10.6 Å². The highest BCUT2D eigenvalue weighted by Gasteiger charge is 2.29. The largest absolute Gasteiger partial charge is 0.316 e. The van der Waals surface area contributed by atoms with Crippen molar-refractivity contribution in [2.24, 2.45) is 11.8 Å². The van der Waals surface area contributed by atoms with Gasteiger partial charge in [-0.3, -0.25) is 0 Å². The fourth-order valence-electron chi connectivity index (χ4n) is 2.12. The van der Waals surface area contributed by atoms with Gasteiger partial charge in [0.2, 0.25) is 0 Å². The van der Waals surface area contributed by atoms with Crippen molar-refractivity contribution in [3.63, 3.8) is 0 Å². The number of nitrogens with one attached hydrogen (secondary N) is 2. The molecule has 0 radical (unpaired) electrons. The minimum absolute atomic E-state index is 0.740. The molecule has 2 bridgehead atoms. The van der Waals surface area contributed by atoms with Crippen LogP contribution in [0.15, 0.2) is 0 Å². The van der Waals surface area contributed by atoms with Crippen molar-refractivity contribution in [3.8, 4) is 0 Å². The fraction of sp³-hybridized carbons (Fsp3) is 1.00. The Bertz CT molecular complexity index is 122. The first kappa shape index (κ1) is 6.62. The Kier molecular flexibility index (Phi) is 1.66. The number of hydrogen-bond acceptors (Lipinski definition) is 2. The van der Waals surface area contributed by atoms with Crippen LogP contribution >= 0.6 is 0 Å². The molecule has 0 saturated carbocycles. The molecular weight excluding hydrogens is 124 g/mol. The number of rotatable bonds is 0. The van der Waals surface area contributed by atoms with Gasteiger partial charge in [-0.05, 0) is 44.8 Å². The van der Waals surface area contributed by atoms with Gasteiger partial charge in [-0.25, -0.2) is 0 Å².